The van der Waals surface area contributed by atoms with E-state index < -0.39 is 0 Å². The Balaban J connectivity index is 1.79. The SMILES string of the molecule is COc1cc(C(=O)NCc2ccsc2)cc(NC(=O)Cc2cccnc2)c1OC. The second-order valence-corrected chi connectivity index (χ2v) is 6.94. The number of carbonyl (C=O) groups is 2. The molecule has 0 atom stereocenters. The molecule has 0 bridgehead atoms. The van der Waals surface area contributed by atoms with E-state index in [2.05, 4.69) is 15.6 Å². The molecule has 2 aromatic heterocycles. The van der Waals surface area contributed by atoms with Crippen molar-refractivity contribution in [3.63, 3.8) is 0 Å². The number of rotatable bonds is 8. The first kappa shape index (κ1) is 20.3. The van der Waals surface area contributed by atoms with E-state index in [-0.39, 0.29) is 18.2 Å². The number of amides is 2. The number of nitrogens with zero attached hydrogens (tertiary/aromatic N) is 1. The van der Waals surface area contributed by atoms with Crippen molar-refractivity contribution in [3.8, 4) is 11.5 Å². The lowest BCUT2D eigenvalue weighted by Crippen LogP contribution is -2.23. The Morgan fingerprint density at radius 2 is 2.00 bits per heavy atom. The van der Waals surface area contributed by atoms with E-state index in [4.69, 9.17) is 9.47 Å². The van der Waals surface area contributed by atoms with Gasteiger partial charge in [0, 0.05) is 24.5 Å². The van der Waals surface area contributed by atoms with Crippen LogP contribution in [0.1, 0.15) is 21.5 Å². The van der Waals surface area contributed by atoms with Crippen molar-refractivity contribution >= 4 is 28.8 Å². The molecule has 3 rings (SSSR count). The van der Waals surface area contributed by atoms with Gasteiger partial charge in [-0.3, -0.25) is 14.6 Å². The summed E-state index contributed by atoms with van der Waals surface area (Å²) >= 11 is 1.57. The van der Waals surface area contributed by atoms with Crippen LogP contribution in [0, 0.1) is 0 Å². The van der Waals surface area contributed by atoms with E-state index in [1.54, 1.807) is 41.9 Å². The number of carbonyl (C=O) groups excluding carboxylic acids is 2. The smallest absolute Gasteiger partial charge is 0.251 e. The minimum Gasteiger partial charge on any atom is -0.493 e. The molecule has 150 valence electrons. The van der Waals surface area contributed by atoms with Crippen LogP contribution in [0.3, 0.4) is 0 Å². The highest BCUT2D eigenvalue weighted by atomic mass is 32.1. The molecule has 3 aromatic rings. The number of ether oxygens (including phenoxy) is 2. The lowest BCUT2D eigenvalue weighted by atomic mass is 10.1. The molecule has 0 saturated carbocycles. The molecule has 7 nitrogen and oxygen atoms in total. The lowest BCUT2D eigenvalue weighted by Gasteiger charge is -2.16. The number of aromatic nitrogens is 1. The molecule has 0 fully saturated rings. The number of pyridine rings is 1. The van der Waals surface area contributed by atoms with Crippen molar-refractivity contribution < 1.29 is 19.1 Å². The maximum atomic E-state index is 12.6. The normalized spacial score (nSPS) is 10.3. The zero-order valence-corrected chi connectivity index (χ0v) is 16.9. The minimum atomic E-state index is -0.278. The quantitative estimate of drug-likeness (QED) is 0.594. The molecule has 0 saturated heterocycles. The summed E-state index contributed by atoms with van der Waals surface area (Å²) in [4.78, 5) is 29.1. The van der Waals surface area contributed by atoms with Crippen LogP contribution in [0.15, 0.2) is 53.5 Å². The van der Waals surface area contributed by atoms with Crippen LogP contribution in [0.4, 0.5) is 5.69 Å². The largest absolute Gasteiger partial charge is 0.493 e. The van der Waals surface area contributed by atoms with Crippen LogP contribution >= 0.6 is 11.3 Å². The van der Waals surface area contributed by atoms with E-state index in [9.17, 15) is 9.59 Å². The number of hydrogen-bond acceptors (Lipinski definition) is 6. The molecule has 2 N–H and O–H groups in total. The molecule has 0 radical (unpaired) electrons. The average Bonchev–Trinajstić information content (AvgIpc) is 3.25. The fourth-order valence-corrected chi connectivity index (χ4v) is 3.42. The monoisotopic (exact) mass is 411 g/mol. The standard InChI is InChI=1S/C21H21N3O4S/c1-27-18-10-16(21(26)23-12-15-5-7-29-13-15)9-17(20(18)28-2)24-19(25)8-14-4-3-6-22-11-14/h3-7,9-11,13H,8,12H2,1-2H3,(H,23,26)(H,24,25). The molecular formula is C21H21N3O4S. The second-order valence-electron chi connectivity index (χ2n) is 6.16. The summed E-state index contributed by atoms with van der Waals surface area (Å²) < 4.78 is 10.7. The molecule has 8 heteroatoms. The maximum Gasteiger partial charge on any atom is 0.251 e. The Labute approximate surface area is 172 Å². The Morgan fingerprint density at radius 3 is 2.66 bits per heavy atom. The van der Waals surface area contributed by atoms with Crippen molar-refractivity contribution in [1.29, 1.82) is 0 Å². The van der Waals surface area contributed by atoms with E-state index in [1.807, 2.05) is 22.9 Å². The van der Waals surface area contributed by atoms with Crippen LogP contribution in [0.25, 0.3) is 0 Å². The first-order valence-corrected chi connectivity index (χ1v) is 9.79. The fourth-order valence-electron chi connectivity index (χ4n) is 2.75. The first-order chi connectivity index (χ1) is 14.1. The van der Waals surface area contributed by atoms with Gasteiger partial charge >= 0.3 is 0 Å². The van der Waals surface area contributed by atoms with Crippen molar-refractivity contribution in [2.24, 2.45) is 0 Å². The molecule has 0 unspecified atom stereocenters. The number of anilines is 1. The van der Waals surface area contributed by atoms with Gasteiger partial charge in [-0.1, -0.05) is 6.07 Å². The van der Waals surface area contributed by atoms with E-state index in [0.717, 1.165) is 11.1 Å². The summed E-state index contributed by atoms with van der Waals surface area (Å²) in [6, 6.07) is 8.69. The predicted octanol–water partition coefficient (Wildman–Crippen LogP) is 3.27. The zero-order chi connectivity index (χ0) is 20.6. The molecule has 1 aromatic carbocycles. The third kappa shape index (κ3) is 5.32. The molecule has 0 aliphatic heterocycles. The van der Waals surface area contributed by atoms with Crippen LogP contribution in [-0.2, 0) is 17.8 Å². The Kier molecular flexibility index (Phi) is 6.80. The third-order valence-electron chi connectivity index (χ3n) is 4.14. The summed E-state index contributed by atoms with van der Waals surface area (Å²) in [5.41, 5.74) is 2.52. The van der Waals surface area contributed by atoms with Gasteiger partial charge in [-0.15, -0.1) is 0 Å². The third-order valence-corrected chi connectivity index (χ3v) is 4.87. The first-order valence-electron chi connectivity index (χ1n) is 8.84. The summed E-state index contributed by atoms with van der Waals surface area (Å²) in [5, 5.41) is 9.58. The van der Waals surface area contributed by atoms with Gasteiger partial charge < -0.3 is 20.1 Å². The molecule has 0 aliphatic carbocycles. The van der Waals surface area contributed by atoms with Gasteiger partial charge in [0.15, 0.2) is 11.5 Å². The van der Waals surface area contributed by atoms with Gasteiger partial charge in [-0.05, 0) is 46.2 Å². The fraction of sp³-hybridized carbons (Fsp3) is 0.190. The highest BCUT2D eigenvalue weighted by Gasteiger charge is 2.18. The Hall–Kier alpha value is -3.39. The molecule has 2 amide bonds. The molecule has 0 aliphatic rings. The molecule has 0 spiro atoms. The van der Waals surface area contributed by atoms with Gasteiger partial charge in [-0.2, -0.15) is 11.3 Å². The summed E-state index contributed by atoms with van der Waals surface area (Å²) in [5.74, 6) is 0.169. The molecule has 2 heterocycles. The summed E-state index contributed by atoms with van der Waals surface area (Å²) in [6.45, 7) is 0.416. The Morgan fingerprint density at radius 1 is 1.14 bits per heavy atom. The minimum absolute atomic E-state index is 0.147. The van der Waals surface area contributed by atoms with E-state index >= 15 is 0 Å². The topological polar surface area (TPSA) is 89.6 Å². The van der Waals surface area contributed by atoms with Gasteiger partial charge in [0.25, 0.3) is 5.91 Å². The Bertz CT molecular complexity index is 975. The van der Waals surface area contributed by atoms with Crippen molar-refractivity contribution in [2.45, 2.75) is 13.0 Å². The van der Waals surface area contributed by atoms with Crippen molar-refractivity contribution in [1.82, 2.24) is 10.3 Å². The zero-order valence-electron chi connectivity index (χ0n) is 16.1. The number of hydrogen-bond donors (Lipinski definition) is 2. The van der Waals surface area contributed by atoms with Crippen molar-refractivity contribution in [3.05, 3.63) is 70.2 Å². The highest BCUT2D eigenvalue weighted by molar-refractivity contribution is 7.07. The molecule has 29 heavy (non-hydrogen) atoms. The lowest BCUT2D eigenvalue weighted by molar-refractivity contribution is -0.115. The summed E-state index contributed by atoms with van der Waals surface area (Å²) in [6.07, 6.45) is 3.42. The van der Waals surface area contributed by atoms with Crippen LogP contribution in [0.5, 0.6) is 11.5 Å². The van der Waals surface area contributed by atoms with Crippen LogP contribution in [-0.4, -0.2) is 31.0 Å². The number of benzene rings is 1. The average molecular weight is 411 g/mol. The molecular weight excluding hydrogens is 390 g/mol. The summed E-state index contributed by atoms with van der Waals surface area (Å²) in [7, 11) is 2.96. The number of methoxy groups -OCH3 is 2. The van der Waals surface area contributed by atoms with E-state index in [0.29, 0.717) is 29.3 Å². The number of nitrogens with one attached hydrogen (secondary N) is 2. The maximum absolute atomic E-state index is 12.6. The van der Waals surface area contributed by atoms with Crippen molar-refractivity contribution in [2.75, 3.05) is 19.5 Å². The predicted molar refractivity (Wildman–Crippen MR) is 112 cm³/mol. The highest BCUT2D eigenvalue weighted by Crippen LogP contribution is 2.36. The van der Waals surface area contributed by atoms with Crippen LogP contribution < -0.4 is 20.1 Å². The number of thiophene rings is 1. The second kappa shape index (κ2) is 9.70. The van der Waals surface area contributed by atoms with Crippen LogP contribution in [0.2, 0.25) is 0 Å². The van der Waals surface area contributed by atoms with Gasteiger partial charge in [0.1, 0.15) is 0 Å². The van der Waals surface area contributed by atoms with Gasteiger partial charge in [0.2, 0.25) is 5.91 Å². The van der Waals surface area contributed by atoms with Gasteiger partial charge in [-0.25, -0.2) is 0 Å². The van der Waals surface area contributed by atoms with E-state index in [1.165, 1.54) is 14.2 Å². The van der Waals surface area contributed by atoms with Gasteiger partial charge in [0.05, 0.1) is 26.3 Å².